The molecule has 3 atom stereocenters. The molecule has 0 spiro atoms. The van der Waals surface area contributed by atoms with Crippen LogP contribution < -0.4 is 0 Å². The van der Waals surface area contributed by atoms with E-state index in [2.05, 4.69) is 0 Å². The van der Waals surface area contributed by atoms with Gasteiger partial charge in [0.25, 0.3) is 10.1 Å². The van der Waals surface area contributed by atoms with Gasteiger partial charge in [-0.25, -0.2) is 0 Å². The van der Waals surface area contributed by atoms with Crippen LogP contribution in [0.5, 0.6) is 0 Å². The molecule has 0 bridgehead atoms. The Bertz CT molecular complexity index is 628. The number of carbonyl (C=O) groups excluding carboxylic acids is 1. The Morgan fingerprint density at radius 3 is 2.36 bits per heavy atom. The van der Waals surface area contributed by atoms with Crippen LogP contribution in [0.15, 0.2) is 30.3 Å². The SMILES string of the molecule is CC1(C)C(C(=O)OCc2ccccc2)C1C(O)S(=O)(=O)O.[NaH]. The molecule has 0 aliphatic heterocycles. The molecule has 0 saturated heterocycles. The van der Waals surface area contributed by atoms with Crippen LogP contribution in [0.2, 0.25) is 0 Å². The van der Waals surface area contributed by atoms with Crippen LogP contribution in [-0.2, 0) is 26.3 Å². The van der Waals surface area contributed by atoms with Gasteiger partial charge in [0.2, 0.25) is 0 Å². The molecule has 0 aromatic heterocycles. The molecule has 1 saturated carbocycles. The van der Waals surface area contributed by atoms with Gasteiger partial charge in [0.1, 0.15) is 6.61 Å². The van der Waals surface area contributed by atoms with Gasteiger partial charge in [-0.2, -0.15) is 8.42 Å². The first-order valence-corrected chi connectivity index (χ1v) is 8.01. The van der Waals surface area contributed by atoms with E-state index in [0.717, 1.165) is 5.56 Å². The number of carbonyl (C=O) groups is 1. The fraction of sp³-hybridized carbons (Fsp3) is 0.500. The standard InChI is InChI=1S/C14H18O6S.Na.H/c1-14(2)10(11(14)13(16)21(17,18)19)12(15)20-8-9-6-4-3-5-7-9;;/h3-7,10-11,13,16H,8H2,1-2H3,(H,17,18,19);;. The third-order valence-corrected chi connectivity index (χ3v) is 4.90. The van der Waals surface area contributed by atoms with Crippen molar-refractivity contribution in [2.75, 3.05) is 0 Å². The molecule has 8 heteroatoms. The fourth-order valence-electron chi connectivity index (χ4n) is 2.66. The molecule has 2 N–H and O–H groups in total. The van der Waals surface area contributed by atoms with Gasteiger partial charge < -0.3 is 9.84 Å². The number of hydrogen-bond donors (Lipinski definition) is 2. The average Bonchev–Trinajstić information content (AvgIpc) is 2.98. The second-order valence-corrected chi connectivity index (χ2v) is 7.34. The Hall–Kier alpha value is -0.440. The van der Waals surface area contributed by atoms with E-state index in [1.165, 1.54) is 0 Å². The number of aliphatic hydroxyl groups is 1. The van der Waals surface area contributed by atoms with Crippen LogP contribution in [0, 0.1) is 17.3 Å². The molecule has 6 nitrogen and oxygen atoms in total. The molecule has 0 radical (unpaired) electrons. The minimum atomic E-state index is -4.60. The summed E-state index contributed by atoms with van der Waals surface area (Å²) in [5.41, 5.74) is -1.89. The number of rotatable bonds is 5. The average molecular weight is 338 g/mol. The summed E-state index contributed by atoms with van der Waals surface area (Å²) in [5, 5.41) is 9.62. The number of esters is 1. The van der Waals surface area contributed by atoms with Crippen molar-refractivity contribution >= 4 is 45.6 Å². The summed E-state index contributed by atoms with van der Waals surface area (Å²) in [4.78, 5) is 12.0. The molecule has 3 unspecified atom stereocenters. The third kappa shape index (κ3) is 4.10. The fourth-order valence-corrected chi connectivity index (χ4v) is 3.54. The van der Waals surface area contributed by atoms with Gasteiger partial charge >= 0.3 is 35.5 Å². The zero-order valence-electron chi connectivity index (χ0n) is 11.8. The molecule has 0 heterocycles. The summed E-state index contributed by atoms with van der Waals surface area (Å²) in [7, 11) is -4.60. The van der Waals surface area contributed by atoms with Crippen LogP contribution >= 0.6 is 0 Å². The van der Waals surface area contributed by atoms with Gasteiger partial charge in [-0.05, 0) is 11.0 Å². The topological polar surface area (TPSA) is 101 Å². The molecule has 1 aromatic rings. The van der Waals surface area contributed by atoms with Gasteiger partial charge in [-0.3, -0.25) is 9.35 Å². The van der Waals surface area contributed by atoms with Crippen molar-refractivity contribution in [1.82, 2.24) is 0 Å². The summed E-state index contributed by atoms with van der Waals surface area (Å²) in [6.45, 7) is 3.39. The molecular weight excluding hydrogens is 319 g/mol. The summed E-state index contributed by atoms with van der Waals surface area (Å²) in [5.74, 6) is -2.19. The summed E-state index contributed by atoms with van der Waals surface area (Å²) in [6, 6.07) is 9.07. The monoisotopic (exact) mass is 338 g/mol. The van der Waals surface area contributed by atoms with E-state index in [4.69, 9.17) is 9.29 Å². The Balaban J connectivity index is 0.00000242. The van der Waals surface area contributed by atoms with Gasteiger partial charge in [0.05, 0.1) is 5.92 Å². The van der Waals surface area contributed by atoms with Crippen LogP contribution in [0.25, 0.3) is 0 Å². The molecule has 1 aliphatic carbocycles. The van der Waals surface area contributed by atoms with E-state index in [0.29, 0.717) is 0 Å². The van der Waals surface area contributed by atoms with Crippen molar-refractivity contribution in [3.8, 4) is 0 Å². The van der Waals surface area contributed by atoms with Crippen LogP contribution in [0.1, 0.15) is 19.4 Å². The van der Waals surface area contributed by atoms with Gasteiger partial charge in [-0.15, -0.1) is 0 Å². The Labute approximate surface area is 151 Å². The normalized spacial score (nSPS) is 24.0. The molecule has 1 aliphatic rings. The molecule has 22 heavy (non-hydrogen) atoms. The van der Waals surface area contributed by atoms with Crippen molar-refractivity contribution in [1.29, 1.82) is 0 Å². The maximum absolute atomic E-state index is 12.0. The number of aliphatic hydroxyl groups excluding tert-OH is 1. The van der Waals surface area contributed by atoms with Crippen LogP contribution in [0.4, 0.5) is 0 Å². The molecule has 118 valence electrons. The summed E-state index contributed by atoms with van der Waals surface area (Å²) >= 11 is 0. The molecule has 1 aromatic carbocycles. The first-order valence-electron chi connectivity index (χ1n) is 6.50. The third-order valence-electron chi connectivity index (χ3n) is 4.00. The first kappa shape index (κ1) is 19.6. The predicted molar refractivity (Wildman–Crippen MR) is 81.7 cm³/mol. The summed E-state index contributed by atoms with van der Waals surface area (Å²) in [6.07, 6.45) is 0. The van der Waals surface area contributed by atoms with Crippen molar-refractivity contribution in [2.24, 2.45) is 17.3 Å². The first-order chi connectivity index (χ1) is 9.65. The Morgan fingerprint density at radius 2 is 1.86 bits per heavy atom. The van der Waals surface area contributed by atoms with Gasteiger partial charge in [0.15, 0.2) is 5.44 Å². The van der Waals surface area contributed by atoms with Crippen LogP contribution in [0.3, 0.4) is 0 Å². The van der Waals surface area contributed by atoms with Crippen molar-refractivity contribution in [2.45, 2.75) is 25.9 Å². The van der Waals surface area contributed by atoms with Crippen molar-refractivity contribution in [3.05, 3.63) is 35.9 Å². The van der Waals surface area contributed by atoms with Gasteiger partial charge in [0, 0.05) is 5.92 Å². The molecule has 0 amide bonds. The summed E-state index contributed by atoms with van der Waals surface area (Å²) < 4.78 is 36.1. The zero-order valence-corrected chi connectivity index (χ0v) is 12.6. The Morgan fingerprint density at radius 1 is 1.32 bits per heavy atom. The number of benzene rings is 1. The molecular formula is C14H19NaO6S. The molecule has 1 fully saturated rings. The minimum absolute atomic E-state index is 0. The van der Waals surface area contributed by atoms with E-state index in [1.807, 2.05) is 18.2 Å². The van der Waals surface area contributed by atoms with Crippen LogP contribution in [-0.4, -0.2) is 59.0 Å². The molecule has 2 rings (SSSR count). The van der Waals surface area contributed by atoms with E-state index < -0.39 is 38.8 Å². The second-order valence-electron chi connectivity index (χ2n) is 5.82. The maximum atomic E-state index is 12.0. The zero-order chi connectivity index (χ0) is 15.8. The Kier molecular flexibility index (Phi) is 6.22. The van der Waals surface area contributed by atoms with E-state index in [-0.39, 0.29) is 36.2 Å². The van der Waals surface area contributed by atoms with E-state index >= 15 is 0 Å². The predicted octanol–water partition coefficient (Wildman–Crippen LogP) is 0.560. The van der Waals surface area contributed by atoms with Gasteiger partial charge in [-0.1, -0.05) is 44.2 Å². The number of hydrogen-bond acceptors (Lipinski definition) is 5. The van der Waals surface area contributed by atoms with Crippen molar-refractivity contribution in [3.63, 3.8) is 0 Å². The number of ether oxygens (including phenoxy) is 1. The van der Waals surface area contributed by atoms with E-state index in [1.54, 1.807) is 26.0 Å². The van der Waals surface area contributed by atoms with Crippen molar-refractivity contribution < 1.29 is 27.6 Å². The van der Waals surface area contributed by atoms with E-state index in [9.17, 15) is 18.3 Å². The quantitative estimate of drug-likeness (QED) is 0.462. The second kappa shape index (κ2) is 6.98.